The van der Waals surface area contributed by atoms with Gasteiger partial charge in [-0.2, -0.15) is 4.98 Å². The fraction of sp³-hybridized carbons (Fsp3) is 0.360. The zero-order valence-corrected chi connectivity index (χ0v) is 19.0. The first kappa shape index (κ1) is 22.7. The van der Waals surface area contributed by atoms with Crippen LogP contribution in [0.5, 0.6) is 0 Å². The van der Waals surface area contributed by atoms with Crippen molar-refractivity contribution < 1.29 is 14.1 Å². The van der Waals surface area contributed by atoms with Crippen molar-refractivity contribution in [3.05, 3.63) is 71.4 Å². The summed E-state index contributed by atoms with van der Waals surface area (Å²) in [6.45, 7) is 3.80. The van der Waals surface area contributed by atoms with Crippen LogP contribution in [0.2, 0.25) is 0 Å². The van der Waals surface area contributed by atoms with Crippen LogP contribution < -0.4 is 16.0 Å². The summed E-state index contributed by atoms with van der Waals surface area (Å²) in [6.07, 6.45) is 4.90. The molecule has 1 heterocycles. The molecule has 0 unspecified atom stereocenters. The van der Waals surface area contributed by atoms with Gasteiger partial charge in [0.2, 0.25) is 11.8 Å². The van der Waals surface area contributed by atoms with E-state index in [1.165, 1.54) is 0 Å². The summed E-state index contributed by atoms with van der Waals surface area (Å²) in [5.74, 6) is 0.589. The number of anilines is 2. The Hall–Kier alpha value is -3.52. The molecule has 33 heavy (non-hydrogen) atoms. The number of aryl methyl sites for hydroxylation is 2. The first-order chi connectivity index (χ1) is 15.9. The minimum absolute atomic E-state index is 0.0709. The number of hydrogen-bond donors (Lipinski definition) is 3. The molecule has 1 aliphatic rings. The Kier molecular flexibility index (Phi) is 6.84. The fourth-order valence-corrected chi connectivity index (χ4v) is 4.28. The van der Waals surface area contributed by atoms with Crippen LogP contribution in [0.25, 0.3) is 0 Å². The van der Waals surface area contributed by atoms with Crippen molar-refractivity contribution in [1.82, 2.24) is 15.5 Å². The Balaban J connectivity index is 1.44. The third-order valence-corrected chi connectivity index (χ3v) is 5.97. The summed E-state index contributed by atoms with van der Waals surface area (Å²) in [6, 6.07) is 14.6. The van der Waals surface area contributed by atoms with E-state index in [4.69, 9.17) is 4.52 Å². The van der Waals surface area contributed by atoms with Crippen LogP contribution in [0.15, 0.2) is 53.1 Å². The van der Waals surface area contributed by atoms with Gasteiger partial charge in [-0.15, -0.1) is 0 Å². The Bertz CT molecular complexity index is 1130. The Labute approximate surface area is 193 Å². The topological polar surface area (TPSA) is 109 Å². The van der Waals surface area contributed by atoms with E-state index < -0.39 is 5.54 Å². The van der Waals surface area contributed by atoms with Gasteiger partial charge in [-0.1, -0.05) is 48.7 Å². The monoisotopic (exact) mass is 447 g/mol. The number of nitrogens with one attached hydrogen (secondary N) is 3. The SMILES string of the molecule is Cc1cccc(NC(=O)c2ccccc2NC(=O)CNC2(c3noc(C)n3)CCCCC2)c1. The van der Waals surface area contributed by atoms with Crippen LogP contribution >= 0.6 is 0 Å². The lowest BCUT2D eigenvalue weighted by Gasteiger charge is -2.35. The van der Waals surface area contributed by atoms with Gasteiger partial charge in [-0.05, 0) is 49.6 Å². The van der Waals surface area contributed by atoms with Crippen molar-refractivity contribution in [2.24, 2.45) is 0 Å². The molecular formula is C25H29N5O3. The number of benzene rings is 2. The molecule has 0 bridgehead atoms. The lowest BCUT2D eigenvalue weighted by atomic mass is 9.81. The highest BCUT2D eigenvalue weighted by Crippen LogP contribution is 2.35. The van der Waals surface area contributed by atoms with E-state index in [1.807, 2.05) is 31.2 Å². The van der Waals surface area contributed by atoms with Gasteiger partial charge in [0, 0.05) is 12.6 Å². The van der Waals surface area contributed by atoms with Gasteiger partial charge in [0.05, 0.1) is 23.3 Å². The molecule has 0 spiro atoms. The molecule has 2 amide bonds. The summed E-state index contributed by atoms with van der Waals surface area (Å²) in [5, 5.41) is 13.3. The summed E-state index contributed by atoms with van der Waals surface area (Å²) < 4.78 is 5.20. The predicted octanol–water partition coefficient (Wildman–Crippen LogP) is 4.33. The van der Waals surface area contributed by atoms with Crippen LogP contribution in [-0.2, 0) is 10.3 Å². The van der Waals surface area contributed by atoms with Gasteiger partial charge in [0.15, 0.2) is 5.82 Å². The maximum atomic E-state index is 12.9. The molecule has 1 aromatic heterocycles. The van der Waals surface area contributed by atoms with Crippen molar-refractivity contribution in [3.63, 3.8) is 0 Å². The summed E-state index contributed by atoms with van der Waals surface area (Å²) in [5.41, 5.74) is 2.14. The average Bonchev–Trinajstić information content (AvgIpc) is 3.26. The Morgan fingerprint density at radius 1 is 1.00 bits per heavy atom. The van der Waals surface area contributed by atoms with E-state index in [-0.39, 0.29) is 18.4 Å². The van der Waals surface area contributed by atoms with E-state index in [1.54, 1.807) is 31.2 Å². The van der Waals surface area contributed by atoms with Crippen molar-refractivity contribution in [1.29, 1.82) is 0 Å². The maximum absolute atomic E-state index is 12.9. The number of amides is 2. The fourth-order valence-electron chi connectivity index (χ4n) is 4.28. The molecule has 0 radical (unpaired) electrons. The number of carbonyl (C=O) groups excluding carboxylic acids is 2. The second kappa shape index (κ2) is 9.95. The predicted molar refractivity (Wildman–Crippen MR) is 126 cm³/mol. The standard InChI is InChI=1S/C25H29N5O3/c1-17-9-8-10-19(15-17)28-23(32)20-11-4-5-12-21(20)29-22(31)16-26-25(13-6-3-7-14-25)24-27-18(2)33-30-24/h4-5,8-12,15,26H,3,6-7,13-14,16H2,1-2H3,(H,28,32)(H,29,31). The van der Waals surface area contributed by atoms with Crippen molar-refractivity contribution >= 4 is 23.2 Å². The molecule has 2 aromatic carbocycles. The van der Waals surface area contributed by atoms with Gasteiger partial charge in [-0.25, -0.2) is 0 Å². The maximum Gasteiger partial charge on any atom is 0.257 e. The zero-order valence-electron chi connectivity index (χ0n) is 19.0. The van der Waals surface area contributed by atoms with Crippen LogP contribution in [0.4, 0.5) is 11.4 Å². The molecule has 8 nitrogen and oxygen atoms in total. The smallest absolute Gasteiger partial charge is 0.257 e. The van der Waals surface area contributed by atoms with Gasteiger partial charge < -0.3 is 15.2 Å². The minimum Gasteiger partial charge on any atom is -0.340 e. The quantitative estimate of drug-likeness (QED) is 0.497. The Morgan fingerprint density at radius 3 is 2.52 bits per heavy atom. The average molecular weight is 448 g/mol. The van der Waals surface area contributed by atoms with E-state index in [2.05, 4.69) is 26.1 Å². The molecule has 1 saturated carbocycles. The summed E-state index contributed by atoms with van der Waals surface area (Å²) in [4.78, 5) is 30.1. The van der Waals surface area contributed by atoms with E-state index in [0.29, 0.717) is 28.7 Å². The second-order valence-corrected chi connectivity index (χ2v) is 8.55. The molecule has 0 atom stereocenters. The minimum atomic E-state index is -0.477. The first-order valence-corrected chi connectivity index (χ1v) is 11.3. The zero-order chi connectivity index (χ0) is 23.3. The second-order valence-electron chi connectivity index (χ2n) is 8.55. The first-order valence-electron chi connectivity index (χ1n) is 11.3. The lowest BCUT2D eigenvalue weighted by Crippen LogP contribution is -2.48. The molecule has 8 heteroatoms. The molecule has 1 fully saturated rings. The molecule has 0 saturated heterocycles. The third-order valence-electron chi connectivity index (χ3n) is 5.97. The van der Waals surface area contributed by atoms with Crippen LogP contribution in [0, 0.1) is 13.8 Å². The molecule has 172 valence electrons. The highest BCUT2D eigenvalue weighted by Gasteiger charge is 2.38. The molecule has 3 aromatic rings. The van der Waals surface area contributed by atoms with Gasteiger partial charge >= 0.3 is 0 Å². The number of nitrogens with zero attached hydrogens (tertiary/aromatic N) is 2. The van der Waals surface area contributed by atoms with Crippen LogP contribution in [0.3, 0.4) is 0 Å². The van der Waals surface area contributed by atoms with Crippen molar-refractivity contribution in [2.45, 2.75) is 51.5 Å². The number of hydrogen-bond acceptors (Lipinski definition) is 6. The van der Waals surface area contributed by atoms with E-state index >= 15 is 0 Å². The highest BCUT2D eigenvalue weighted by molar-refractivity contribution is 6.10. The van der Waals surface area contributed by atoms with Crippen LogP contribution in [-0.4, -0.2) is 28.5 Å². The summed E-state index contributed by atoms with van der Waals surface area (Å²) >= 11 is 0. The van der Waals surface area contributed by atoms with Gasteiger partial charge in [-0.3, -0.25) is 14.9 Å². The highest BCUT2D eigenvalue weighted by atomic mass is 16.5. The molecule has 1 aliphatic carbocycles. The van der Waals surface area contributed by atoms with Gasteiger partial charge in [0.25, 0.3) is 5.91 Å². The lowest BCUT2D eigenvalue weighted by molar-refractivity contribution is -0.115. The third kappa shape index (κ3) is 5.46. The van der Waals surface area contributed by atoms with E-state index in [0.717, 1.165) is 37.7 Å². The molecule has 3 N–H and O–H groups in total. The van der Waals surface area contributed by atoms with E-state index in [9.17, 15) is 9.59 Å². The molecular weight excluding hydrogens is 418 g/mol. The molecule has 4 rings (SSSR count). The number of carbonyl (C=O) groups is 2. The summed E-state index contributed by atoms with van der Waals surface area (Å²) in [7, 11) is 0. The largest absolute Gasteiger partial charge is 0.340 e. The number of aromatic nitrogens is 2. The normalized spacial score (nSPS) is 15.1. The van der Waals surface area contributed by atoms with Gasteiger partial charge in [0.1, 0.15) is 0 Å². The number of rotatable bonds is 7. The van der Waals surface area contributed by atoms with Crippen molar-refractivity contribution in [3.8, 4) is 0 Å². The Morgan fingerprint density at radius 2 is 1.79 bits per heavy atom. The van der Waals surface area contributed by atoms with Crippen molar-refractivity contribution in [2.75, 3.05) is 17.2 Å². The van der Waals surface area contributed by atoms with Crippen LogP contribution in [0.1, 0.15) is 59.7 Å². The molecule has 0 aliphatic heterocycles. The number of para-hydroxylation sites is 1.